The standard InChI is InChI=1S/C18H26N4O4S/c23-17-11-14-3-1-2-4-16(14)19-22(17)12-18(24)21-8-6-20(7-9-21)15-5-10-27(25,26)13-15/h11,15H,1-10,12-13H2. The van der Waals surface area contributed by atoms with E-state index in [4.69, 9.17) is 0 Å². The molecule has 148 valence electrons. The van der Waals surface area contributed by atoms with Gasteiger partial charge in [0, 0.05) is 38.3 Å². The van der Waals surface area contributed by atoms with Crippen molar-refractivity contribution in [1.82, 2.24) is 19.6 Å². The van der Waals surface area contributed by atoms with Crippen LogP contribution in [0.4, 0.5) is 0 Å². The highest BCUT2D eigenvalue weighted by Crippen LogP contribution is 2.19. The zero-order valence-electron chi connectivity index (χ0n) is 15.5. The van der Waals surface area contributed by atoms with Crippen LogP contribution in [0.2, 0.25) is 0 Å². The lowest BCUT2D eigenvalue weighted by Gasteiger charge is -2.37. The summed E-state index contributed by atoms with van der Waals surface area (Å²) in [5.41, 5.74) is 1.76. The molecule has 0 spiro atoms. The van der Waals surface area contributed by atoms with Crippen molar-refractivity contribution in [3.05, 3.63) is 27.7 Å². The summed E-state index contributed by atoms with van der Waals surface area (Å²) in [4.78, 5) is 28.8. The van der Waals surface area contributed by atoms with Crippen LogP contribution in [0.3, 0.4) is 0 Å². The third kappa shape index (κ3) is 4.08. The highest BCUT2D eigenvalue weighted by Gasteiger charge is 2.34. The van der Waals surface area contributed by atoms with Crippen LogP contribution in [0.15, 0.2) is 10.9 Å². The fourth-order valence-corrected chi connectivity index (χ4v) is 6.10. The molecule has 0 radical (unpaired) electrons. The van der Waals surface area contributed by atoms with Crippen LogP contribution in [0.25, 0.3) is 0 Å². The highest BCUT2D eigenvalue weighted by atomic mass is 32.2. The molecule has 2 aliphatic heterocycles. The lowest BCUT2D eigenvalue weighted by Crippen LogP contribution is -2.53. The van der Waals surface area contributed by atoms with Gasteiger partial charge < -0.3 is 4.90 Å². The van der Waals surface area contributed by atoms with Crippen LogP contribution in [0, 0.1) is 0 Å². The van der Waals surface area contributed by atoms with Crippen molar-refractivity contribution in [2.24, 2.45) is 0 Å². The Morgan fingerprint density at radius 2 is 1.89 bits per heavy atom. The number of amides is 1. The van der Waals surface area contributed by atoms with Gasteiger partial charge in [-0.15, -0.1) is 0 Å². The molecule has 1 unspecified atom stereocenters. The maximum Gasteiger partial charge on any atom is 0.267 e. The molecule has 4 rings (SSSR count). The molecule has 0 aromatic carbocycles. The minimum Gasteiger partial charge on any atom is -0.339 e. The first-order chi connectivity index (χ1) is 12.9. The Morgan fingerprint density at radius 1 is 1.15 bits per heavy atom. The maximum atomic E-state index is 12.6. The molecule has 8 nitrogen and oxygen atoms in total. The summed E-state index contributed by atoms with van der Waals surface area (Å²) in [5, 5.41) is 4.42. The number of aromatic nitrogens is 2. The van der Waals surface area contributed by atoms with Gasteiger partial charge in [-0.2, -0.15) is 5.10 Å². The average molecular weight is 394 g/mol. The monoisotopic (exact) mass is 394 g/mol. The van der Waals surface area contributed by atoms with Gasteiger partial charge in [0.1, 0.15) is 6.54 Å². The van der Waals surface area contributed by atoms with Gasteiger partial charge in [-0.3, -0.25) is 14.5 Å². The Morgan fingerprint density at radius 3 is 2.59 bits per heavy atom. The van der Waals surface area contributed by atoms with Crippen molar-refractivity contribution in [3.8, 4) is 0 Å². The van der Waals surface area contributed by atoms with Crippen LogP contribution >= 0.6 is 0 Å². The first-order valence-corrected chi connectivity index (χ1v) is 11.6. The second kappa shape index (κ2) is 7.35. The summed E-state index contributed by atoms with van der Waals surface area (Å²) in [7, 11) is -2.90. The predicted octanol–water partition coefficient (Wildman–Crippen LogP) is -0.547. The molecule has 1 amide bonds. The van der Waals surface area contributed by atoms with Crippen molar-refractivity contribution in [3.63, 3.8) is 0 Å². The number of carbonyl (C=O) groups excluding carboxylic acids is 1. The topological polar surface area (TPSA) is 92.6 Å². The van der Waals surface area contributed by atoms with Gasteiger partial charge >= 0.3 is 0 Å². The molecule has 3 heterocycles. The zero-order chi connectivity index (χ0) is 19.0. The molecule has 2 fully saturated rings. The number of fused-ring (bicyclic) bond motifs is 1. The average Bonchev–Trinajstić information content (AvgIpc) is 3.02. The van der Waals surface area contributed by atoms with E-state index < -0.39 is 9.84 Å². The lowest BCUT2D eigenvalue weighted by atomic mass is 9.97. The van der Waals surface area contributed by atoms with E-state index in [9.17, 15) is 18.0 Å². The maximum absolute atomic E-state index is 12.6. The Balaban J connectivity index is 1.36. The normalized spacial score (nSPS) is 25.3. The van der Waals surface area contributed by atoms with Crippen molar-refractivity contribution >= 4 is 15.7 Å². The number of hydrogen-bond donors (Lipinski definition) is 0. The fourth-order valence-electron chi connectivity index (χ4n) is 4.34. The van der Waals surface area contributed by atoms with E-state index in [-0.39, 0.29) is 35.6 Å². The number of piperazine rings is 1. The second-order valence-corrected chi connectivity index (χ2v) is 10.0. The quantitative estimate of drug-likeness (QED) is 0.683. The number of carbonyl (C=O) groups is 1. The summed E-state index contributed by atoms with van der Waals surface area (Å²) in [6.45, 7) is 2.46. The number of rotatable bonds is 3. The predicted molar refractivity (Wildman–Crippen MR) is 100 cm³/mol. The van der Waals surface area contributed by atoms with Gasteiger partial charge in [0.25, 0.3) is 5.56 Å². The zero-order valence-corrected chi connectivity index (χ0v) is 16.3. The van der Waals surface area contributed by atoms with Crippen molar-refractivity contribution in [2.45, 2.75) is 44.7 Å². The first kappa shape index (κ1) is 18.6. The second-order valence-electron chi connectivity index (χ2n) is 7.79. The SMILES string of the molecule is O=C(Cn1nc2c(cc1=O)CCCC2)N1CCN(C2CCS(=O)(=O)C2)CC1. The van der Waals surface area contributed by atoms with Crippen molar-refractivity contribution < 1.29 is 13.2 Å². The van der Waals surface area contributed by atoms with E-state index in [1.165, 1.54) is 4.68 Å². The molecule has 1 atom stereocenters. The van der Waals surface area contributed by atoms with Crippen molar-refractivity contribution in [1.29, 1.82) is 0 Å². The van der Waals surface area contributed by atoms with Gasteiger partial charge in [0.2, 0.25) is 5.91 Å². The molecular weight excluding hydrogens is 368 g/mol. The molecule has 3 aliphatic rings. The molecule has 1 aromatic rings. The molecule has 1 aliphatic carbocycles. The molecule has 2 saturated heterocycles. The van der Waals surface area contributed by atoms with Gasteiger partial charge in [-0.25, -0.2) is 13.1 Å². The Bertz CT molecular complexity index is 887. The molecular formula is C18H26N4O4S. The van der Waals surface area contributed by atoms with Crippen LogP contribution in [0.5, 0.6) is 0 Å². The Hall–Kier alpha value is -1.74. The molecule has 9 heteroatoms. The van der Waals surface area contributed by atoms with Gasteiger partial charge in [-0.1, -0.05) is 0 Å². The minimum absolute atomic E-state index is 0.0239. The van der Waals surface area contributed by atoms with Crippen LogP contribution in [0.1, 0.15) is 30.5 Å². The Labute approximate surface area is 159 Å². The van der Waals surface area contributed by atoms with Crippen LogP contribution in [-0.2, 0) is 34.0 Å². The van der Waals surface area contributed by atoms with E-state index in [1.54, 1.807) is 11.0 Å². The molecule has 27 heavy (non-hydrogen) atoms. The summed E-state index contributed by atoms with van der Waals surface area (Å²) in [5.74, 6) is 0.401. The number of sulfone groups is 1. The summed E-state index contributed by atoms with van der Waals surface area (Å²) >= 11 is 0. The highest BCUT2D eigenvalue weighted by molar-refractivity contribution is 7.91. The van der Waals surface area contributed by atoms with E-state index in [0.717, 1.165) is 36.9 Å². The van der Waals surface area contributed by atoms with Crippen LogP contribution < -0.4 is 5.56 Å². The van der Waals surface area contributed by atoms with E-state index in [0.29, 0.717) is 32.6 Å². The smallest absolute Gasteiger partial charge is 0.267 e. The number of aryl methyl sites for hydroxylation is 2. The van der Waals surface area contributed by atoms with Crippen molar-refractivity contribution in [2.75, 3.05) is 37.7 Å². The van der Waals surface area contributed by atoms with Gasteiger partial charge in [0.15, 0.2) is 9.84 Å². The van der Waals surface area contributed by atoms with E-state index in [2.05, 4.69) is 10.00 Å². The first-order valence-electron chi connectivity index (χ1n) is 9.73. The molecule has 0 saturated carbocycles. The largest absolute Gasteiger partial charge is 0.339 e. The molecule has 0 bridgehead atoms. The van der Waals surface area contributed by atoms with E-state index in [1.807, 2.05) is 0 Å². The minimum atomic E-state index is -2.90. The molecule has 1 aromatic heterocycles. The number of nitrogens with zero attached hydrogens (tertiary/aromatic N) is 4. The fraction of sp³-hybridized carbons (Fsp3) is 0.722. The summed E-state index contributed by atoms with van der Waals surface area (Å²) < 4.78 is 24.6. The lowest BCUT2D eigenvalue weighted by molar-refractivity contribution is -0.134. The third-order valence-corrected chi connectivity index (χ3v) is 7.70. The Kier molecular flexibility index (Phi) is 5.07. The number of hydrogen-bond acceptors (Lipinski definition) is 6. The van der Waals surface area contributed by atoms with Gasteiger partial charge in [0.05, 0.1) is 17.2 Å². The molecule has 0 N–H and O–H groups in total. The van der Waals surface area contributed by atoms with E-state index >= 15 is 0 Å². The van der Waals surface area contributed by atoms with Crippen LogP contribution in [-0.4, -0.2) is 77.6 Å². The third-order valence-electron chi connectivity index (χ3n) is 5.95. The summed E-state index contributed by atoms with van der Waals surface area (Å²) in [6, 6.07) is 1.71. The summed E-state index contributed by atoms with van der Waals surface area (Å²) in [6.07, 6.45) is 4.61. The van der Waals surface area contributed by atoms with Gasteiger partial charge in [-0.05, 0) is 37.7 Å².